The number of aryl methyl sites for hydroxylation is 1. The second-order valence-corrected chi connectivity index (χ2v) is 10.0. The van der Waals surface area contributed by atoms with E-state index in [4.69, 9.17) is 0 Å². The molecular formula is C25H31N3O3S. The van der Waals surface area contributed by atoms with Crippen molar-refractivity contribution < 1.29 is 14.4 Å². The second-order valence-electron chi connectivity index (χ2n) is 8.94. The first-order valence-corrected chi connectivity index (χ1v) is 12.2. The van der Waals surface area contributed by atoms with Gasteiger partial charge in [0.1, 0.15) is 5.00 Å². The third-order valence-electron chi connectivity index (χ3n) is 6.43. The fourth-order valence-corrected chi connectivity index (χ4v) is 6.00. The maximum atomic E-state index is 13.3. The van der Waals surface area contributed by atoms with Crippen molar-refractivity contribution in [2.45, 2.75) is 38.5 Å². The Morgan fingerprint density at radius 1 is 1.06 bits per heavy atom. The van der Waals surface area contributed by atoms with Gasteiger partial charge in [0.05, 0.1) is 12.1 Å². The molecule has 0 spiro atoms. The van der Waals surface area contributed by atoms with Crippen LogP contribution in [0.15, 0.2) is 30.3 Å². The lowest BCUT2D eigenvalue weighted by Crippen LogP contribution is -2.43. The molecule has 32 heavy (non-hydrogen) atoms. The lowest BCUT2D eigenvalue weighted by molar-refractivity contribution is -0.134. The Hall–Kier alpha value is -2.51. The lowest BCUT2D eigenvalue weighted by atomic mass is 9.92. The molecule has 0 atom stereocenters. The highest BCUT2D eigenvalue weighted by Crippen LogP contribution is 2.39. The molecule has 0 bridgehead atoms. The SMILES string of the molecule is CN(C)C(=O)C1CCN(CC(=O)Nc2sc3c(c2C(=O)c2ccccc2)CCCC3)CC1. The van der Waals surface area contributed by atoms with Crippen molar-refractivity contribution in [3.05, 3.63) is 51.9 Å². The first-order chi connectivity index (χ1) is 15.4. The molecule has 170 valence electrons. The maximum absolute atomic E-state index is 13.3. The summed E-state index contributed by atoms with van der Waals surface area (Å²) in [5.41, 5.74) is 2.45. The first-order valence-electron chi connectivity index (χ1n) is 11.4. The predicted octanol–water partition coefficient (Wildman–Crippen LogP) is 3.60. The minimum Gasteiger partial charge on any atom is -0.349 e. The van der Waals surface area contributed by atoms with Crippen LogP contribution in [0.5, 0.6) is 0 Å². The van der Waals surface area contributed by atoms with Crippen LogP contribution in [0.1, 0.15) is 52.0 Å². The Kier molecular flexibility index (Phi) is 7.06. The average Bonchev–Trinajstić information content (AvgIpc) is 3.16. The van der Waals surface area contributed by atoms with Gasteiger partial charge in [0.25, 0.3) is 0 Å². The number of fused-ring (bicyclic) bond motifs is 1. The van der Waals surface area contributed by atoms with Crippen molar-refractivity contribution in [2.24, 2.45) is 5.92 Å². The van der Waals surface area contributed by atoms with Gasteiger partial charge in [-0.15, -0.1) is 11.3 Å². The summed E-state index contributed by atoms with van der Waals surface area (Å²) in [5.74, 6) is 0.108. The van der Waals surface area contributed by atoms with E-state index in [2.05, 4.69) is 10.2 Å². The van der Waals surface area contributed by atoms with Gasteiger partial charge >= 0.3 is 0 Å². The van der Waals surface area contributed by atoms with Gasteiger partial charge in [-0.2, -0.15) is 0 Å². The van der Waals surface area contributed by atoms with E-state index in [0.29, 0.717) is 16.1 Å². The number of thiophene rings is 1. The van der Waals surface area contributed by atoms with E-state index in [0.717, 1.165) is 57.2 Å². The third kappa shape index (κ3) is 4.94. The molecular weight excluding hydrogens is 422 g/mol. The van der Waals surface area contributed by atoms with Crippen molar-refractivity contribution in [3.63, 3.8) is 0 Å². The van der Waals surface area contributed by atoms with Gasteiger partial charge in [-0.1, -0.05) is 30.3 Å². The molecule has 1 aliphatic carbocycles. The molecule has 1 saturated heterocycles. The standard InChI is InChI=1S/C25H31N3O3S/c1-27(2)25(31)18-12-14-28(15-13-18)16-21(29)26-24-22(19-10-6-7-11-20(19)32-24)23(30)17-8-4-3-5-9-17/h3-5,8-9,18H,6-7,10-16H2,1-2H3,(H,26,29). The molecule has 1 N–H and O–H groups in total. The Labute approximate surface area is 193 Å². The maximum Gasteiger partial charge on any atom is 0.239 e. The van der Waals surface area contributed by atoms with E-state index in [9.17, 15) is 14.4 Å². The van der Waals surface area contributed by atoms with Gasteiger partial charge in [-0.25, -0.2) is 0 Å². The summed E-state index contributed by atoms with van der Waals surface area (Å²) in [7, 11) is 3.58. The van der Waals surface area contributed by atoms with Gasteiger partial charge in [-0.3, -0.25) is 19.3 Å². The minimum absolute atomic E-state index is 0.0108. The Bertz CT molecular complexity index is 991. The van der Waals surface area contributed by atoms with E-state index < -0.39 is 0 Å². The number of amides is 2. The zero-order valence-corrected chi connectivity index (χ0v) is 19.7. The Morgan fingerprint density at radius 2 is 1.75 bits per heavy atom. The molecule has 4 rings (SSSR count). The number of rotatable bonds is 6. The van der Waals surface area contributed by atoms with Crippen molar-refractivity contribution in [1.29, 1.82) is 0 Å². The summed E-state index contributed by atoms with van der Waals surface area (Å²) in [5, 5.41) is 3.75. The minimum atomic E-state index is -0.0944. The predicted molar refractivity (Wildman–Crippen MR) is 127 cm³/mol. The fourth-order valence-electron chi connectivity index (χ4n) is 4.70. The summed E-state index contributed by atoms with van der Waals surface area (Å²) in [6, 6.07) is 9.31. The van der Waals surface area contributed by atoms with Crippen LogP contribution in [0, 0.1) is 5.92 Å². The highest BCUT2D eigenvalue weighted by molar-refractivity contribution is 7.17. The molecule has 1 aliphatic heterocycles. The molecule has 2 aromatic rings. The normalized spacial score (nSPS) is 16.9. The molecule has 6 nitrogen and oxygen atoms in total. The van der Waals surface area contributed by atoms with Crippen molar-refractivity contribution >= 4 is 33.9 Å². The molecule has 1 fully saturated rings. The van der Waals surface area contributed by atoms with E-state index in [1.807, 2.05) is 30.3 Å². The molecule has 7 heteroatoms. The van der Waals surface area contributed by atoms with Crippen molar-refractivity contribution in [3.8, 4) is 0 Å². The van der Waals surface area contributed by atoms with Gasteiger partial charge in [0.2, 0.25) is 11.8 Å². The Morgan fingerprint density at radius 3 is 2.44 bits per heavy atom. The number of ketones is 1. The van der Waals surface area contributed by atoms with E-state index in [1.54, 1.807) is 30.3 Å². The number of likely N-dealkylation sites (tertiary alicyclic amines) is 1. The zero-order valence-electron chi connectivity index (χ0n) is 18.9. The number of nitrogens with one attached hydrogen (secondary N) is 1. The highest BCUT2D eigenvalue weighted by Gasteiger charge is 2.29. The lowest BCUT2D eigenvalue weighted by Gasteiger charge is -2.31. The van der Waals surface area contributed by atoms with E-state index in [-0.39, 0.29) is 30.1 Å². The molecule has 0 radical (unpaired) electrons. The number of anilines is 1. The van der Waals surface area contributed by atoms with Crippen LogP contribution in [-0.2, 0) is 22.4 Å². The number of hydrogen-bond donors (Lipinski definition) is 1. The van der Waals surface area contributed by atoms with Crippen molar-refractivity contribution in [2.75, 3.05) is 39.0 Å². The van der Waals surface area contributed by atoms with Gasteiger partial charge in [0.15, 0.2) is 5.78 Å². The second kappa shape index (κ2) is 9.96. The topological polar surface area (TPSA) is 69.7 Å². The zero-order chi connectivity index (χ0) is 22.7. The van der Waals surface area contributed by atoms with E-state index in [1.165, 1.54) is 4.88 Å². The summed E-state index contributed by atoms with van der Waals surface area (Å²) < 4.78 is 0. The quantitative estimate of drug-likeness (QED) is 0.679. The van der Waals surface area contributed by atoms with Crippen molar-refractivity contribution in [1.82, 2.24) is 9.80 Å². The first kappa shape index (κ1) is 22.7. The Balaban J connectivity index is 1.45. The van der Waals surface area contributed by atoms with Crippen LogP contribution in [0.4, 0.5) is 5.00 Å². The van der Waals surface area contributed by atoms with Crippen LogP contribution in [-0.4, -0.2) is 61.1 Å². The van der Waals surface area contributed by atoms with Crippen LogP contribution >= 0.6 is 11.3 Å². The number of piperidine rings is 1. The van der Waals surface area contributed by atoms with Crippen LogP contribution < -0.4 is 5.32 Å². The molecule has 2 aliphatic rings. The third-order valence-corrected chi connectivity index (χ3v) is 7.64. The molecule has 2 amide bonds. The molecule has 1 aromatic carbocycles. The smallest absolute Gasteiger partial charge is 0.239 e. The largest absolute Gasteiger partial charge is 0.349 e. The summed E-state index contributed by atoms with van der Waals surface area (Å²) in [6.07, 6.45) is 5.61. The number of carbonyl (C=O) groups is 3. The fraction of sp³-hybridized carbons (Fsp3) is 0.480. The van der Waals surface area contributed by atoms with Crippen LogP contribution in [0.25, 0.3) is 0 Å². The molecule has 1 aromatic heterocycles. The summed E-state index contributed by atoms with van der Waals surface area (Å²) >= 11 is 1.56. The molecule has 0 unspecified atom stereocenters. The number of carbonyl (C=O) groups excluding carboxylic acids is 3. The molecule has 2 heterocycles. The van der Waals surface area contributed by atoms with Crippen LogP contribution in [0.2, 0.25) is 0 Å². The van der Waals surface area contributed by atoms with Crippen LogP contribution in [0.3, 0.4) is 0 Å². The number of nitrogens with zero attached hydrogens (tertiary/aromatic N) is 2. The highest BCUT2D eigenvalue weighted by atomic mass is 32.1. The van der Waals surface area contributed by atoms with Gasteiger partial charge in [0, 0.05) is 30.5 Å². The summed E-state index contributed by atoms with van der Waals surface area (Å²) in [4.78, 5) is 43.4. The number of hydrogen-bond acceptors (Lipinski definition) is 5. The monoisotopic (exact) mass is 453 g/mol. The number of benzene rings is 1. The van der Waals surface area contributed by atoms with Gasteiger partial charge in [-0.05, 0) is 57.2 Å². The summed E-state index contributed by atoms with van der Waals surface area (Å²) in [6.45, 7) is 1.74. The average molecular weight is 454 g/mol. The van der Waals surface area contributed by atoms with E-state index >= 15 is 0 Å². The molecule has 0 saturated carbocycles. The van der Waals surface area contributed by atoms with Gasteiger partial charge < -0.3 is 10.2 Å².